The Hall–Kier alpha value is -1.13. The van der Waals surface area contributed by atoms with E-state index in [1.807, 2.05) is 0 Å². The van der Waals surface area contributed by atoms with E-state index < -0.39 is 7.26 Å². The zero-order valence-electron chi connectivity index (χ0n) is 12.1. The van der Waals surface area contributed by atoms with Gasteiger partial charge in [-0.3, -0.25) is 0 Å². The van der Waals surface area contributed by atoms with E-state index in [0.29, 0.717) is 0 Å². The van der Waals surface area contributed by atoms with Crippen LogP contribution in [0.5, 0.6) is 0 Å². The lowest BCUT2D eigenvalue weighted by atomic mass is 10.1. The number of hydrogen-bond donors (Lipinski definition) is 0. The van der Waals surface area contributed by atoms with Crippen molar-refractivity contribution in [2.24, 2.45) is 0 Å². The molecule has 19 heavy (non-hydrogen) atoms. The van der Waals surface area contributed by atoms with Crippen molar-refractivity contribution in [3.05, 3.63) is 64.7 Å². The van der Waals surface area contributed by atoms with Gasteiger partial charge in [0, 0.05) is 0 Å². The first-order valence-electron chi connectivity index (χ1n) is 7.09. The van der Waals surface area contributed by atoms with Crippen molar-refractivity contribution in [3.63, 3.8) is 0 Å². The maximum Gasteiger partial charge on any atom is 0.100 e. The summed E-state index contributed by atoms with van der Waals surface area (Å²) in [5, 5.41) is 1.72. The Morgan fingerprint density at radius 1 is 0.895 bits per heavy atom. The first-order valence-corrected chi connectivity index (χ1v) is 9.44. The number of aryl methyl sites for hydroxylation is 3. The molecule has 0 spiro atoms. The Labute approximate surface area is 117 Å². The maximum absolute atomic E-state index is 2.37. The van der Waals surface area contributed by atoms with Crippen molar-refractivity contribution >= 4 is 12.6 Å². The highest BCUT2D eigenvalue weighted by Gasteiger charge is 2.55. The van der Waals surface area contributed by atoms with Gasteiger partial charge in [0.2, 0.25) is 0 Å². The van der Waals surface area contributed by atoms with Gasteiger partial charge in [-0.1, -0.05) is 48.0 Å². The van der Waals surface area contributed by atoms with Crippen LogP contribution in [0.25, 0.3) is 0 Å². The summed E-state index contributed by atoms with van der Waals surface area (Å²) in [7, 11) is -0.862. The fraction of sp³-hybridized carbons (Fsp3) is 0.333. The smallest absolute Gasteiger partial charge is 0.0622 e. The molecule has 1 aliphatic heterocycles. The summed E-state index contributed by atoms with van der Waals surface area (Å²) in [5.74, 6) is 0. The number of benzene rings is 2. The van der Waals surface area contributed by atoms with Gasteiger partial charge in [0.25, 0.3) is 0 Å². The molecule has 0 aliphatic carbocycles. The fourth-order valence-corrected chi connectivity index (χ4v) is 7.86. The summed E-state index contributed by atoms with van der Waals surface area (Å²) in [6.45, 7) is 6.82. The normalized spacial score (nSPS) is 16.4. The van der Waals surface area contributed by atoms with Crippen LogP contribution < -0.4 is 5.30 Å². The Bertz CT molecular complexity index is 571. The van der Waals surface area contributed by atoms with Gasteiger partial charge in [-0.25, -0.2) is 0 Å². The Balaban J connectivity index is 1.98. The third kappa shape index (κ3) is 2.47. The Kier molecular flexibility index (Phi) is 3.23. The van der Waals surface area contributed by atoms with Crippen LogP contribution in [0.1, 0.15) is 22.3 Å². The molecule has 0 radical (unpaired) electrons. The highest BCUT2D eigenvalue weighted by atomic mass is 31.2. The van der Waals surface area contributed by atoms with Crippen molar-refractivity contribution in [1.29, 1.82) is 0 Å². The van der Waals surface area contributed by atoms with Crippen LogP contribution in [-0.2, 0) is 6.16 Å². The van der Waals surface area contributed by atoms with Crippen LogP contribution in [0.3, 0.4) is 0 Å². The van der Waals surface area contributed by atoms with Crippen molar-refractivity contribution in [2.45, 2.75) is 26.9 Å². The first kappa shape index (κ1) is 12.9. The van der Waals surface area contributed by atoms with Gasteiger partial charge >= 0.3 is 0 Å². The van der Waals surface area contributed by atoms with Gasteiger partial charge in [0.1, 0.15) is 5.30 Å². The van der Waals surface area contributed by atoms with E-state index in [0.717, 1.165) is 0 Å². The highest BCUT2D eigenvalue weighted by molar-refractivity contribution is 7.88. The second-order valence-electron chi connectivity index (χ2n) is 5.98. The molecule has 1 aliphatic rings. The molecular weight excluding hydrogens is 247 g/mol. The molecule has 1 saturated heterocycles. The third-order valence-corrected chi connectivity index (χ3v) is 8.35. The van der Waals surface area contributed by atoms with Crippen molar-refractivity contribution in [1.82, 2.24) is 0 Å². The molecule has 0 N–H and O–H groups in total. The Morgan fingerprint density at radius 3 is 2.00 bits per heavy atom. The standard InChI is InChI=1S/C18H22P/c1-14-11-15(2)18(16(3)12-14)19(9-10-19)13-17-7-5-4-6-8-17/h4-8,11-12H,9-10,13H2,1-3H3/q+1. The second-order valence-corrected chi connectivity index (χ2v) is 9.93. The van der Waals surface area contributed by atoms with Gasteiger partial charge in [-0.2, -0.15) is 0 Å². The summed E-state index contributed by atoms with van der Waals surface area (Å²) in [6.07, 6.45) is 4.21. The van der Waals surface area contributed by atoms with Crippen LogP contribution >= 0.6 is 7.26 Å². The number of rotatable bonds is 3. The largest absolute Gasteiger partial charge is 0.100 e. The second kappa shape index (κ2) is 4.76. The molecule has 0 aromatic heterocycles. The van der Waals surface area contributed by atoms with E-state index in [9.17, 15) is 0 Å². The quantitative estimate of drug-likeness (QED) is 0.721. The third-order valence-electron chi connectivity index (χ3n) is 4.20. The lowest BCUT2D eigenvalue weighted by molar-refractivity contribution is 1.34. The van der Waals surface area contributed by atoms with E-state index >= 15 is 0 Å². The predicted octanol–water partition coefficient (Wildman–Crippen LogP) is 4.47. The van der Waals surface area contributed by atoms with Crippen LogP contribution in [0.2, 0.25) is 0 Å². The molecule has 3 rings (SSSR count). The highest BCUT2D eigenvalue weighted by Crippen LogP contribution is 2.73. The van der Waals surface area contributed by atoms with Crippen molar-refractivity contribution < 1.29 is 0 Å². The van der Waals surface area contributed by atoms with E-state index in [2.05, 4.69) is 63.2 Å². The van der Waals surface area contributed by atoms with Gasteiger partial charge in [-0.15, -0.1) is 0 Å². The molecule has 0 saturated carbocycles. The molecule has 0 atom stereocenters. The fourth-order valence-electron chi connectivity index (χ4n) is 3.43. The summed E-state index contributed by atoms with van der Waals surface area (Å²) in [6, 6.07) is 15.8. The zero-order valence-corrected chi connectivity index (χ0v) is 13.0. The van der Waals surface area contributed by atoms with Gasteiger partial charge in [0.15, 0.2) is 0 Å². The summed E-state index contributed by atoms with van der Waals surface area (Å²) in [5.41, 5.74) is 5.98. The summed E-state index contributed by atoms with van der Waals surface area (Å²) < 4.78 is 0. The van der Waals surface area contributed by atoms with Crippen LogP contribution in [-0.4, -0.2) is 12.3 Å². The zero-order chi connectivity index (χ0) is 13.5. The lowest BCUT2D eigenvalue weighted by Crippen LogP contribution is -2.13. The van der Waals surface area contributed by atoms with E-state index in [-0.39, 0.29) is 0 Å². The van der Waals surface area contributed by atoms with Crippen LogP contribution in [0, 0.1) is 20.8 Å². The minimum Gasteiger partial charge on any atom is -0.0622 e. The molecule has 1 fully saturated rings. The molecule has 98 valence electrons. The van der Waals surface area contributed by atoms with Crippen LogP contribution in [0.4, 0.5) is 0 Å². The molecule has 0 unspecified atom stereocenters. The minimum absolute atomic E-state index is 0.862. The van der Waals surface area contributed by atoms with Crippen molar-refractivity contribution in [3.8, 4) is 0 Å². The first-order chi connectivity index (χ1) is 9.11. The number of hydrogen-bond acceptors (Lipinski definition) is 0. The SMILES string of the molecule is Cc1cc(C)c([P+]2(Cc3ccccc3)CC2)c(C)c1. The molecule has 1 heterocycles. The van der Waals surface area contributed by atoms with E-state index in [1.54, 1.807) is 5.30 Å². The molecule has 0 bridgehead atoms. The van der Waals surface area contributed by atoms with E-state index in [4.69, 9.17) is 0 Å². The average molecular weight is 269 g/mol. The van der Waals surface area contributed by atoms with E-state index in [1.165, 1.54) is 40.7 Å². The molecular formula is C18H22P+. The topological polar surface area (TPSA) is 0 Å². The molecule has 0 nitrogen and oxygen atoms in total. The predicted molar refractivity (Wildman–Crippen MR) is 87.1 cm³/mol. The summed E-state index contributed by atoms with van der Waals surface area (Å²) >= 11 is 0. The molecule has 2 aromatic carbocycles. The minimum atomic E-state index is -0.862. The van der Waals surface area contributed by atoms with Gasteiger partial charge in [-0.05, 0) is 37.5 Å². The van der Waals surface area contributed by atoms with Crippen LogP contribution in [0.15, 0.2) is 42.5 Å². The lowest BCUT2D eigenvalue weighted by Gasteiger charge is -2.15. The van der Waals surface area contributed by atoms with Crippen molar-refractivity contribution in [2.75, 3.05) is 12.3 Å². The van der Waals surface area contributed by atoms with Gasteiger partial charge < -0.3 is 0 Å². The molecule has 1 heteroatoms. The summed E-state index contributed by atoms with van der Waals surface area (Å²) in [4.78, 5) is 0. The maximum atomic E-state index is 2.37. The monoisotopic (exact) mass is 269 g/mol. The Morgan fingerprint density at radius 2 is 1.47 bits per heavy atom. The molecule has 2 aromatic rings. The van der Waals surface area contributed by atoms with Gasteiger partial charge in [0.05, 0.1) is 25.7 Å². The molecule has 0 amide bonds. The average Bonchev–Trinajstić information content (AvgIpc) is 3.09.